The first-order chi connectivity index (χ1) is 7.97. The molecular formula is C14H19N3. The average molecular weight is 229 g/mol. The minimum Gasteiger partial charge on any atom is -0.326 e. The number of rotatable bonds is 2. The maximum Gasteiger partial charge on any atom is 0.207 e. The number of imidazole rings is 1. The van der Waals surface area contributed by atoms with Gasteiger partial charge in [-0.3, -0.25) is 0 Å². The van der Waals surface area contributed by atoms with Gasteiger partial charge in [0, 0.05) is 25.1 Å². The summed E-state index contributed by atoms with van der Waals surface area (Å²) in [6, 6.07) is 8.50. The topological polar surface area (TPSA) is 29.9 Å². The largest absolute Gasteiger partial charge is 0.326 e. The van der Waals surface area contributed by atoms with E-state index in [1.54, 1.807) is 6.20 Å². The lowest BCUT2D eigenvalue weighted by Gasteiger charge is -2.19. The molecule has 0 aliphatic heterocycles. The summed E-state index contributed by atoms with van der Waals surface area (Å²) in [6.45, 7) is 6.65. The number of aryl methyl sites for hydroxylation is 1. The Labute approximate surface area is 103 Å². The molecule has 3 nitrogen and oxygen atoms in total. The Hall–Kier alpha value is -1.77. The van der Waals surface area contributed by atoms with Gasteiger partial charge in [-0.05, 0) is 23.1 Å². The monoisotopic (exact) mass is 229 g/mol. The molecule has 0 saturated heterocycles. The highest BCUT2D eigenvalue weighted by Crippen LogP contribution is 2.24. The van der Waals surface area contributed by atoms with Crippen LogP contribution < -0.4 is 5.32 Å². The summed E-state index contributed by atoms with van der Waals surface area (Å²) in [5.74, 6) is 0.855. The maximum absolute atomic E-state index is 4.23. The van der Waals surface area contributed by atoms with Crippen LogP contribution in [0.4, 0.5) is 11.6 Å². The van der Waals surface area contributed by atoms with Gasteiger partial charge in [0.1, 0.15) is 0 Å². The molecule has 0 bridgehead atoms. The van der Waals surface area contributed by atoms with Crippen LogP contribution in [-0.4, -0.2) is 9.55 Å². The molecule has 2 rings (SSSR count). The van der Waals surface area contributed by atoms with E-state index in [0.29, 0.717) is 0 Å². The van der Waals surface area contributed by atoms with Crippen LogP contribution in [0.25, 0.3) is 0 Å². The average Bonchev–Trinajstić information content (AvgIpc) is 2.64. The minimum atomic E-state index is 0.196. The molecule has 17 heavy (non-hydrogen) atoms. The van der Waals surface area contributed by atoms with Crippen LogP contribution in [0, 0.1) is 0 Å². The van der Waals surface area contributed by atoms with Crippen molar-refractivity contribution in [2.24, 2.45) is 7.05 Å². The van der Waals surface area contributed by atoms with E-state index in [1.807, 2.05) is 17.8 Å². The summed E-state index contributed by atoms with van der Waals surface area (Å²) in [6.07, 6.45) is 3.71. The zero-order valence-corrected chi connectivity index (χ0v) is 10.9. The molecule has 1 N–H and O–H groups in total. The van der Waals surface area contributed by atoms with E-state index in [-0.39, 0.29) is 5.41 Å². The third-order valence-corrected chi connectivity index (χ3v) is 2.83. The fourth-order valence-electron chi connectivity index (χ4n) is 1.67. The summed E-state index contributed by atoms with van der Waals surface area (Å²) in [5.41, 5.74) is 2.59. The molecule has 0 aliphatic rings. The number of aromatic nitrogens is 2. The molecule has 0 spiro atoms. The summed E-state index contributed by atoms with van der Waals surface area (Å²) >= 11 is 0. The molecule has 0 radical (unpaired) electrons. The van der Waals surface area contributed by atoms with Crippen molar-refractivity contribution in [3.63, 3.8) is 0 Å². The van der Waals surface area contributed by atoms with Gasteiger partial charge in [-0.2, -0.15) is 0 Å². The Kier molecular flexibility index (Phi) is 2.92. The summed E-state index contributed by atoms with van der Waals surface area (Å²) in [5, 5.41) is 3.28. The first-order valence-electron chi connectivity index (χ1n) is 5.82. The highest BCUT2D eigenvalue weighted by Gasteiger charge is 2.12. The Morgan fingerprint density at radius 1 is 1.12 bits per heavy atom. The normalized spacial score (nSPS) is 11.5. The molecule has 1 heterocycles. The molecule has 0 aliphatic carbocycles. The molecule has 0 fully saturated rings. The second-order valence-electron chi connectivity index (χ2n) is 5.31. The van der Waals surface area contributed by atoms with E-state index in [2.05, 4.69) is 55.3 Å². The van der Waals surface area contributed by atoms with E-state index < -0.39 is 0 Å². The number of nitrogens with one attached hydrogen (secondary N) is 1. The lowest BCUT2D eigenvalue weighted by molar-refractivity contribution is 0.590. The Morgan fingerprint density at radius 2 is 1.76 bits per heavy atom. The first-order valence-corrected chi connectivity index (χ1v) is 5.82. The van der Waals surface area contributed by atoms with Crippen molar-refractivity contribution < 1.29 is 0 Å². The summed E-state index contributed by atoms with van der Waals surface area (Å²) < 4.78 is 1.96. The van der Waals surface area contributed by atoms with E-state index in [0.717, 1.165) is 11.6 Å². The number of hydrogen-bond donors (Lipinski definition) is 1. The van der Waals surface area contributed by atoms with Gasteiger partial charge in [0.15, 0.2) is 0 Å². The van der Waals surface area contributed by atoms with Gasteiger partial charge in [0.05, 0.1) is 0 Å². The van der Waals surface area contributed by atoms with Crippen molar-refractivity contribution in [2.75, 3.05) is 5.32 Å². The lowest BCUT2D eigenvalue weighted by atomic mass is 9.87. The van der Waals surface area contributed by atoms with Crippen LogP contribution >= 0.6 is 0 Å². The summed E-state index contributed by atoms with van der Waals surface area (Å²) in [4.78, 5) is 4.23. The standard InChI is InChI=1S/C14H19N3/c1-14(2,3)11-5-7-12(8-6-11)16-13-15-9-10-17(13)4/h5-10H,1-4H3,(H,15,16). The van der Waals surface area contributed by atoms with Crippen LogP contribution in [0.2, 0.25) is 0 Å². The minimum absolute atomic E-state index is 0.196. The molecule has 90 valence electrons. The Bertz CT molecular complexity index is 489. The van der Waals surface area contributed by atoms with Crippen molar-refractivity contribution in [2.45, 2.75) is 26.2 Å². The third kappa shape index (κ3) is 2.67. The van der Waals surface area contributed by atoms with Gasteiger partial charge >= 0.3 is 0 Å². The molecule has 0 amide bonds. The van der Waals surface area contributed by atoms with Crippen LogP contribution in [-0.2, 0) is 12.5 Å². The second kappa shape index (κ2) is 4.24. The molecule has 0 saturated carbocycles. The van der Waals surface area contributed by atoms with Gasteiger partial charge < -0.3 is 9.88 Å². The summed E-state index contributed by atoms with van der Waals surface area (Å²) in [7, 11) is 1.97. The van der Waals surface area contributed by atoms with Crippen LogP contribution in [0.1, 0.15) is 26.3 Å². The second-order valence-corrected chi connectivity index (χ2v) is 5.31. The predicted octanol–water partition coefficient (Wildman–Crippen LogP) is 3.46. The molecule has 0 atom stereocenters. The Balaban J connectivity index is 2.17. The van der Waals surface area contributed by atoms with Crippen molar-refractivity contribution in [3.8, 4) is 0 Å². The van der Waals surface area contributed by atoms with Gasteiger partial charge in [0.2, 0.25) is 5.95 Å². The van der Waals surface area contributed by atoms with Crippen molar-refractivity contribution >= 4 is 11.6 Å². The van der Waals surface area contributed by atoms with Gasteiger partial charge in [0.25, 0.3) is 0 Å². The van der Waals surface area contributed by atoms with E-state index >= 15 is 0 Å². The van der Waals surface area contributed by atoms with Gasteiger partial charge in [-0.15, -0.1) is 0 Å². The van der Waals surface area contributed by atoms with E-state index in [4.69, 9.17) is 0 Å². The molecule has 0 unspecified atom stereocenters. The van der Waals surface area contributed by atoms with Crippen LogP contribution in [0.15, 0.2) is 36.7 Å². The van der Waals surface area contributed by atoms with Crippen molar-refractivity contribution in [1.29, 1.82) is 0 Å². The SMILES string of the molecule is Cn1ccnc1Nc1ccc(C(C)(C)C)cc1. The van der Waals surface area contributed by atoms with E-state index in [1.165, 1.54) is 5.56 Å². The highest BCUT2D eigenvalue weighted by atomic mass is 15.2. The zero-order chi connectivity index (χ0) is 12.5. The highest BCUT2D eigenvalue weighted by molar-refractivity contribution is 5.54. The lowest BCUT2D eigenvalue weighted by Crippen LogP contribution is -2.10. The van der Waals surface area contributed by atoms with E-state index in [9.17, 15) is 0 Å². The molecular weight excluding hydrogens is 210 g/mol. The quantitative estimate of drug-likeness (QED) is 0.854. The van der Waals surface area contributed by atoms with Crippen molar-refractivity contribution in [1.82, 2.24) is 9.55 Å². The van der Waals surface area contributed by atoms with Crippen molar-refractivity contribution in [3.05, 3.63) is 42.2 Å². The van der Waals surface area contributed by atoms with Crippen LogP contribution in [0.3, 0.4) is 0 Å². The molecule has 1 aromatic heterocycles. The third-order valence-electron chi connectivity index (χ3n) is 2.83. The molecule has 1 aromatic carbocycles. The first kappa shape index (κ1) is 11.7. The molecule has 3 heteroatoms. The molecule has 2 aromatic rings. The fourth-order valence-corrected chi connectivity index (χ4v) is 1.67. The Morgan fingerprint density at radius 3 is 2.24 bits per heavy atom. The van der Waals surface area contributed by atoms with Crippen LogP contribution in [0.5, 0.6) is 0 Å². The predicted molar refractivity (Wildman–Crippen MR) is 71.6 cm³/mol. The smallest absolute Gasteiger partial charge is 0.207 e. The fraction of sp³-hybridized carbons (Fsp3) is 0.357. The maximum atomic E-state index is 4.23. The number of hydrogen-bond acceptors (Lipinski definition) is 2. The zero-order valence-electron chi connectivity index (χ0n) is 10.9. The number of benzene rings is 1. The number of nitrogens with zero attached hydrogens (tertiary/aromatic N) is 2. The van der Waals surface area contributed by atoms with Gasteiger partial charge in [-0.25, -0.2) is 4.98 Å². The number of anilines is 2. The van der Waals surface area contributed by atoms with Gasteiger partial charge in [-0.1, -0.05) is 32.9 Å².